The van der Waals surface area contributed by atoms with Gasteiger partial charge in [-0.2, -0.15) is 0 Å². The highest BCUT2D eigenvalue weighted by molar-refractivity contribution is 6.42. The number of amides is 1. The average molecular weight is 465 g/mol. The fraction of sp³-hybridized carbons (Fsp3) is 0.286. The van der Waals surface area contributed by atoms with Crippen LogP contribution in [-0.4, -0.2) is 47.7 Å². The van der Waals surface area contributed by atoms with Gasteiger partial charge in [-0.3, -0.25) is 19.7 Å². The molecule has 1 fully saturated rings. The van der Waals surface area contributed by atoms with Gasteiger partial charge in [-0.25, -0.2) is 4.79 Å². The number of piperidine rings is 1. The molecule has 162 valence electrons. The van der Waals surface area contributed by atoms with Crippen molar-refractivity contribution < 1.29 is 24.0 Å². The molecule has 0 unspecified atom stereocenters. The predicted octanol–water partition coefficient (Wildman–Crippen LogP) is 4.42. The number of nitro groups is 1. The molecular weight excluding hydrogens is 447 g/mol. The number of likely N-dealkylation sites (tertiary alicyclic amines) is 1. The first kappa shape index (κ1) is 22.7. The molecule has 10 heteroatoms. The van der Waals surface area contributed by atoms with Crippen molar-refractivity contribution in [3.05, 3.63) is 73.2 Å². The number of benzene rings is 2. The first-order valence-corrected chi connectivity index (χ1v) is 10.1. The van der Waals surface area contributed by atoms with E-state index in [9.17, 15) is 24.5 Å². The molecule has 3 rings (SSSR count). The van der Waals surface area contributed by atoms with Crippen molar-refractivity contribution in [2.45, 2.75) is 12.8 Å². The molecule has 1 saturated heterocycles. The number of non-ortho nitro benzene ring substituents is 1. The van der Waals surface area contributed by atoms with Crippen LogP contribution in [0.2, 0.25) is 10.0 Å². The Hall–Kier alpha value is -2.97. The van der Waals surface area contributed by atoms with Crippen molar-refractivity contribution in [1.29, 1.82) is 0 Å². The number of Topliss-reactive ketones (excluding diaryl/α,β-unsaturated/α-hetero) is 1. The number of ketones is 1. The molecule has 0 radical (unpaired) electrons. The van der Waals surface area contributed by atoms with Crippen molar-refractivity contribution >= 4 is 46.5 Å². The van der Waals surface area contributed by atoms with E-state index in [0.29, 0.717) is 41.5 Å². The van der Waals surface area contributed by atoms with Crippen LogP contribution in [0.5, 0.6) is 0 Å². The third-order valence-electron chi connectivity index (χ3n) is 5.15. The van der Waals surface area contributed by atoms with E-state index in [1.54, 1.807) is 12.1 Å². The Balaban J connectivity index is 1.73. The van der Waals surface area contributed by atoms with E-state index in [4.69, 9.17) is 23.2 Å². The van der Waals surface area contributed by atoms with Gasteiger partial charge in [0.1, 0.15) is 0 Å². The average Bonchev–Trinajstić information content (AvgIpc) is 2.79. The monoisotopic (exact) mass is 464 g/mol. The molecule has 8 nitrogen and oxygen atoms in total. The van der Waals surface area contributed by atoms with Crippen LogP contribution in [0.25, 0.3) is 0 Å². The highest BCUT2D eigenvalue weighted by atomic mass is 35.5. The lowest BCUT2D eigenvalue weighted by Crippen LogP contribution is -2.40. The summed E-state index contributed by atoms with van der Waals surface area (Å²) < 4.78 is 4.61. The first-order valence-electron chi connectivity index (χ1n) is 9.37. The fourth-order valence-electron chi connectivity index (χ4n) is 3.49. The normalized spacial score (nSPS) is 14.2. The topological polar surface area (TPSA) is 107 Å². The summed E-state index contributed by atoms with van der Waals surface area (Å²) in [6.07, 6.45) is 0.868. The van der Waals surface area contributed by atoms with Crippen LogP contribution in [0.15, 0.2) is 36.4 Å². The number of hydrogen-bond donors (Lipinski definition) is 0. The van der Waals surface area contributed by atoms with Crippen LogP contribution in [0.4, 0.5) is 5.69 Å². The van der Waals surface area contributed by atoms with Gasteiger partial charge in [0.25, 0.3) is 11.6 Å². The number of nitro benzene ring substituents is 1. The molecular formula is C21H18Cl2N2O6. The van der Waals surface area contributed by atoms with Gasteiger partial charge < -0.3 is 9.64 Å². The maximum atomic E-state index is 12.9. The number of carbonyl (C=O) groups excluding carboxylic acids is 3. The Morgan fingerprint density at radius 2 is 1.65 bits per heavy atom. The highest BCUT2D eigenvalue weighted by Gasteiger charge is 2.30. The number of hydrogen-bond acceptors (Lipinski definition) is 6. The number of methoxy groups -OCH3 is 1. The number of nitrogens with zero attached hydrogens (tertiary/aromatic N) is 2. The summed E-state index contributed by atoms with van der Waals surface area (Å²) in [5.41, 5.74) is 0.0186. The van der Waals surface area contributed by atoms with Crippen molar-refractivity contribution in [3.63, 3.8) is 0 Å². The minimum Gasteiger partial charge on any atom is -0.465 e. The van der Waals surface area contributed by atoms with Crippen molar-refractivity contribution in [2.75, 3.05) is 20.2 Å². The van der Waals surface area contributed by atoms with Crippen LogP contribution < -0.4 is 0 Å². The van der Waals surface area contributed by atoms with Crippen LogP contribution in [-0.2, 0) is 4.74 Å². The quantitative estimate of drug-likeness (QED) is 0.280. The largest absolute Gasteiger partial charge is 0.465 e. The molecule has 0 atom stereocenters. The maximum Gasteiger partial charge on any atom is 0.338 e. The van der Waals surface area contributed by atoms with Gasteiger partial charge in [0.15, 0.2) is 5.78 Å². The lowest BCUT2D eigenvalue weighted by Gasteiger charge is -2.31. The second kappa shape index (κ2) is 9.45. The molecule has 1 aliphatic heterocycles. The van der Waals surface area contributed by atoms with Crippen molar-refractivity contribution in [2.24, 2.45) is 5.92 Å². The number of ether oxygens (including phenoxy) is 1. The molecule has 1 heterocycles. The standard InChI is InChI=1S/C21H18Cl2N2O6/c1-31-21(28)15-8-14(9-16(10-15)25(29)30)20(27)24-6-4-12(5-7-24)19(26)13-2-3-17(22)18(23)11-13/h2-3,8-12H,4-7H2,1H3. The Morgan fingerprint density at radius 3 is 2.23 bits per heavy atom. The van der Waals surface area contributed by atoms with Gasteiger partial charge in [0, 0.05) is 42.3 Å². The molecule has 0 N–H and O–H groups in total. The van der Waals surface area contributed by atoms with E-state index >= 15 is 0 Å². The van der Waals surface area contributed by atoms with Crippen LogP contribution in [0.1, 0.15) is 43.9 Å². The molecule has 0 aromatic heterocycles. The van der Waals surface area contributed by atoms with E-state index in [2.05, 4.69) is 4.74 Å². The highest BCUT2D eigenvalue weighted by Crippen LogP contribution is 2.28. The first-order chi connectivity index (χ1) is 14.7. The minimum absolute atomic E-state index is 0.0175. The van der Waals surface area contributed by atoms with E-state index in [0.717, 1.165) is 19.2 Å². The zero-order valence-corrected chi connectivity index (χ0v) is 18.0. The second-order valence-corrected chi connectivity index (χ2v) is 7.89. The molecule has 31 heavy (non-hydrogen) atoms. The minimum atomic E-state index is -0.774. The summed E-state index contributed by atoms with van der Waals surface area (Å²) in [6.45, 7) is 0.597. The van der Waals surface area contributed by atoms with E-state index in [1.165, 1.54) is 17.0 Å². The van der Waals surface area contributed by atoms with Crippen LogP contribution >= 0.6 is 23.2 Å². The molecule has 1 amide bonds. The maximum absolute atomic E-state index is 12.9. The smallest absolute Gasteiger partial charge is 0.338 e. The molecule has 1 aliphatic rings. The fourth-order valence-corrected chi connectivity index (χ4v) is 3.79. The van der Waals surface area contributed by atoms with Gasteiger partial charge in [-0.1, -0.05) is 23.2 Å². The molecule has 0 aliphatic carbocycles. The van der Waals surface area contributed by atoms with Gasteiger partial charge in [-0.15, -0.1) is 0 Å². The summed E-state index contributed by atoms with van der Waals surface area (Å²) in [6, 6.07) is 8.17. The Bertz CT molecular complexity index is 1060. The number of esters is 1. The molecule has 0 bridgehead atoms. The van der Waals surface area contributed by atoms with Gasteiger partial charge >= 0.3 is 5.97 Å². The molecule has 0 saturated carbocycles. The summed E-state index contributed by atoms with van der Waals surface area (Å²) in [4.78, 5) is 49.5. The number of rotatable bonds is 5. The summed E-state index contributed by atoms with van der Waals surface area (Å²) >= 11 is 11.9. The number of carbonyl (C=O) groups is 3. The number of halogens is 2. The van der Waals surface area contributed by atoms with E-state index in [-0.39, 0.29) is 28.5 Å². The zero-order chi connectivity index (χ0) is 22.7. The van der Waals surface area contributed by atoms with E-state index < -0.39 is 16.8 Å². The van der Waals surface area contributed by atoms with Crippen LogP contribution in [0, 0.1) is 16.0 Å². The predicted molar refractivity (Wildman–Crippen MR) is 114 cm³/mol. The second-order valence-electron chi connectivity index (χ2n) is 7.08. The van der Waals surface area contributed by atoms with Gasteiger partial charge in [-0.05, 0) is 37.1 Å². The van der Waals surface area contributed by atoms with Gasteiger partial charge in [0.2, 0.25) is 0 Å². The lowest BCUT2D eigenvalue weighted by molar-refractivity contribution is -0.384. The summed E-state index contributed by atoms with van der Waals surface area (Å²) in [7, 11) is 1.15. The zero-order valence-electron chi connectivity index (χ0n) is 16.5. The molecule has 0 spiro atoms. The van der Waals surface area contributed by atoms with Crippen molar-refractivity contribution in [3.8, 4) is 0 Å². The Kier molecular flexibility index (Phi) is 6.92. The SMILES string of the molecule is COC(=O)c1cc(C(=O)N2CCC(C(=O)c3ccc(Cl)c(Cl)c3)CC2)cc([N+](=O)[O-])c1. The third-order valence-corrected chi connectivity index (χ3v) is 5.89. The molecule has 2 aromatic rings. The summed E-state index contributed by atoms with van der Waals surface area (Å²) in [5, 5.41) is 11.8. The molecule has 2 aromatic carbocycles. The third kappa shape index (κ3) is 5.03. The Morgan fingerprint density at radius 1 is 1.00 bits per heavy atom. The van der Waals surface area contributed by atoms with E-state index in [1.807, 2.05) is 0 Å². The Labute approximate surface area is 187 Å². The van der Waals surface area contributed by atoms with Crippen LogP contribution in [0.3, 0.4) is 0 Å². The van der Waals surface area contributed by atoms with Gasteiger partial charge in [0.05, 0.1) is 27.6 Å². The van der Waals surface area contributed by atoms with Crippen molar-refractivity contribution in [1.82, 2.24) is 4.90 Å². The summed E-state index contributed by atoms with van der Waals surface area (Å²) in [5.74, 6) is -1.58. The lowest BCUT2D eigenvalue weighted by atomic mass is 9.88.